The molecule has 0 bridgehead atoms. The Morgan fingerprint density at radius 3 is 3.13 bits per heavy atom. The summed E-state index contributed by atoms with van der Waals surface area (Å²) in [4.78, 5) is 8.58. The number of unbranched alkanes of at least 4 members (excludes halogenated alkanes) is 1. The number of fused-ring (bicyclic) bond motifs is 1. The molecule has 1 fully saturated rings. The van der Waals surface area contributed by atoms with Crippen molar-refractivity contribution in [2.24, 2.45) is 5.92 Å². The Labute approximate surface area is 136 Å². The van der Waals surface area contributed by atoms with Gasteiger partial charge in [0.1, 0.15) is 0 Å². The van der Waals surface area contributed by atoms with Gasteiger partial charge in [-0.3, -0.25) is 0 Å². The third-order valence-corrected chi connectivity index (χ3v) is 4.40. The Morgan fingerprint density at radius 1 is 1.48 bits per heavy atom. The van der Waals surface area contributed by atoms with Gasteiger partial charge in [-0.1, -0.05) is 13.3 Å². The zero-order valence-corrected chi connectivity index (χ0v) is 14.0. The lowest BCUT2D eigenvalue weighted by atomic mass is 9.89. The van der Waals surface area contributed by atoms with E-state index in [0.717, 1.165) is 31.5 Å². The van der Waals surface area contributed by atoms with Crippen LogP contribution in [0.25, 0.3) is 5.65 Å². The molecule has 7 nitrogen and oxygen atoms in total. The summed E-state index contributed by atoms with van der Waals surface area (Å²) >= 11 is 0. The van der Waals surface area contributed by atoms with Crippen LogP contribution in [0.1, 0.15) is 45.2 Å². The van der Waals surface area contributed by atoms with Crippen LogP contribution in [0.5, 0.6) is 6.01 Å². The summed E-state index contributed by atoms with van der Waals surface area (Å²) in [5, 5.41) is 7.97. The molecule has 2 aromatic rings. The molecule has 126 valence electrons. The van der Waals surface area contributed by atoms with Crippen molar-refractivity contribution >= 4 is 11.5 Å². The van der Waals surface area contributed by atoms with Crippen LogP contribution in [-0.4, -0.2) is 38.8 Å². The van der Waals surface area contributed by atoms with Gasteiger partial charge in [-0.2, -0.15) is 4.98 Å². The first-order chi connectivity index (χ1) is 11.2. The largest absolute Gasteiger partial charge is 0.462 e. The summed E-state index contributed by atoms with van der Waals surface area (Å²) in [6.45, 7) is 6.04. The maximum absolute atomic E-state index is 6.01. The molecule has 7 heteroatoms. The number of anilines is 1. The second-order valence-corrected chi connectivity index (χ2v) is 6.42. The average molecular weight is 318 g/mol. The molecular weight excluding hydrogens is 292 g/mol. The monoisotopic (exact) mass is 318 g/mol. The molecule has 2 atom stereocenters. The highest BCUT2D eigenvalue weighted by Crippen LogP contribution is 2.22. The quantitative estimate of drug-likeness (QED) is 0.790. The van der Waals surface area contributed by atoms with Gasteiger partial charge in [0.25, 0.3) is 0 Å². The van der Waals surface area contributed by atoms with Crippen molar-refractivity contribution in [3.8, 4) is 6.01 Å². The lowest BCUT2D eigenvalue weighted by molar-refractivity contribution is 0.279. The molecule has 0 saturated carbocycles. The first-order valence-corrected chi connectivity index (χ1v) is 8.53. The van der Waals surface area contributed by atoms with Crippen molar-refractivity contribution in [2.45, 2.75) is 52.0 Å². The molecule has 1 saturated heterocycles. The van der Waals surface area contributed by atoms with Crippen LogP contribution in [0.4, 0.5) is 5.82 Å². The van der Waals surface area contributed by atoms with Crippen LogP contribution in [0.3, 0.4) is 0 Å². The van der Waals surface area contributed by atoms with Crippen molar-refractivity contribution in [1.82, 2.24) is 24.9 Å². The Bertz CT molecular complexity index is 655. The van der Waals surface area contributed by atoms with Crippen LogP contribution in [-0.2, 0) is 6.42 Å². The molecule has 0 spiro atoms. The van der Waals surface area contributed by atoms with Gasteiger partial charge in [0.05, 0.1) is 18.5 Å². The Hall–Kier alpha value is -1.89. The zero-order chi connectivity index (χ0) is 16.2. The minimum Gasteiger partial charge on any atom is -0.462 e. The fraction of sp³-hybridized carbons (Fsp3) is 0.688. The maximum Gasteiger partial charge on any atom is 0.336 e. The van der Waals surface area contributed by atoms with E-state index in [1.54, 1.807) is 4.52 Å². The second kappa shape index (κ2) is 7.12. The van der Waals surface area contributed by atoms with Crippen LogP contribution in [0, 0.1) is 5.92 Å². The zero-order valence-electron chi connectivity index (χ0n) is 14.0. The SMILES string of the molecule is CCCCOc1nc(N)c2ncc(CC3CCNC(C)C3)n2n1. The van der Waals surface area contributed by atoms with E-state index >= 15 is 0 Å². The van der Waals surface area contributed by atoms with Crippen molar-refractivity contribution in [3.05, 3.63) is 11.9 Å². The van der Waals surface area contributed by atoms with Crippen molar-refractivity contribution < 1.29 is 4.74 Å². The number of nitrogens with two attached hydrogens (primary N) is 1. The summed E-state index contributed by atoms with van der Waals surface area (Å²) in [5.41, 5.74) is 7.70. The standard InChI is InChI=1S/C16H26N6O/c1-3-4-7-23-16-20-14(17)15-19-10-13(22(15)21-16)9-12-5-6-18-11(2)8-12/h10-12,18H,3-9H2,1-2H3,(H2,17,20,21). The summed E-state index contributed by atoms with van der Waals surface area (Å²) < 4.78 is 7.41. The topological polar surface area (TPSA) is 90.4 Å². The molecule has 3 rings (SSSR count). The van der Waals surface area contributed by atoms with E-state index in [1.165, 1.54) is 12.8 Å². The summed E-state index contributed by atoms with van der Waals surface area (Å²) in [6.07, 6.45) is 7.22. The van der Waals surface area contributed by atoms with Crippen LogP contribution >= 0.6 is 0 Å². The maximum atomic E-state index is 6.01. The van der Waals surface area contributed by atoms with E-state index < -0.39 is 0 Å². The number of rotatable bonds is 6. The van der Waals surface area contributed by atoms with Gasteiger partial charge in [-0.05, 0) is 45.1 Å². The van der Waals surface area contributed by atoms with E-state index in [0.29, 0.717) is 36.0 Å². The molecule has 0 aliphatic carbocycles. The van der Waals surface area contributed by atoms with Crippen LogP contribution in [0.15, 0.2) is 6.20 Å². The number of nitrogens with zero attached hydrogens (tertiary/aromatic N) is 4. The van der Waals surface area contributed by atoms with E-state index in [-0.39, 0.29) is 0 Å². The number of ether oxygens (including phenoxy) is 1. The highest BCUT2D eigenvalue weighted by molar-refractivity contribution is 5.59. The smallest absolute Gasteiger partial charge is 0.336 e. The fourth-order valence-corrected chi connectivity index (χ4v) is 3.15. The minimum absolute atomic E-state index is 0.335. The number of nitrogens with one attached hydrogen (secondary N) is 1. The van der Waals surface area contributed by atoms with Gasteiger partial charge >= 0.3 is 6.01 Å². The molecule has 3 N–H and O–H groups in total. The number of nitrogen functional groups attached to an aromatic ring is 1. The normalized spacial score (nSPS) is 21.7. The number of imidazole rings is 1. The third kappa shape index (κ3) is 3.72. The van der Waals surface area contributed by atoms with Gasteiger partial charge in [-0.25, -0.2) is 9.50 Å². The van der Waals surface area contributed by atoms with Crippen molar-refractivity contribution in [2.75, 3.05) is 18.9 Å². The first kappa shape index (κ1) is 16.0. The molecule has 1 aliphatic rings. The molecule has 0 radical (unpaired) electrons. The molecule has 0 amide bonds. The number of hydrogen-bond donors (Lipinski definition) is 2. The highest BCUT2D eigenvalue weighted by Gasteiger charge is 2.21. The highest BCUT2D eigenvalue weighted by atomic mass is 16.5. The van der Waals surface area contributed by atoms with E-state index in [9.17, 15) is 0 Å². The molecule has 2 aromatic heterocycles. The lowest BCUT2D eigenvalue weighted by Crippen LogP contribution is -2.36. The lowest BCUT2D eigenvalue weighted by Gasteiger charge is -2.27. The molecule has 3 heterocycles. The first-order valence-electron chi connectivity index (χ1n) is 8.53. The van der Waals surface area contributed by atoms with Gasteiger partial charge in [0.2, 0.25) is 0 Å². The molecular formula is C16H26N6O. The van der Waals surface area contributed by atoms with E-state index in [4.69, 9.17) is 10.5 Å². The minimum atomic E-state index is 0.335. The van der Waals surface area contributed by atoms with Crippen molar-refractivity contribution in [1.29, 1.82) is 0 Å². The molecule has 23 heavy (non-hydrogen) atoms. The molecule has 1 aliphatic heterocycles. The second-order valence-electron chi connectivity index (χ2n) is 6.42. The summed E-state index contributed by atoms with van der Waals surface area (Å²) in [6, 6.07) is 0.905. The number of aromatic nitrogens is 4. The van der Waals surface area contributed by atoms with Gasteiger partial charge in [-0.15, -0.1) is 5.10 Å². The van der Waals surface area contributed by atoms with Gasteiger partial charge in [0, 0.05) is 6.04 Å². The van der Waals surface area contributed by atoms with Crippen molar-refractivity contribution in [3.63, 3.8) is 0 Å². The summed E-state index contributed by atoms with van der Waals surface area (Å²) in [5.74, 6) is 1.02. The van der Waals surface area contributed by atoms with Gasteiger partial charge in [0.15, 0.2) is 11.5 Å². The Morgan fingerprint density at radius 2 is 2.35 bits per heavy atom. The molecule has 0 aromatic carbocycles. The summed E-state index contributed by atoms with van der Waals surface area (Å²) in [7, 11) is 0. The molecule has 2 unspecified atom stereocenters. The average Bonchev–Trinajstić information content (AvgIpc) is 2.91. The van der Waals surface area contributed by atoms with E-state index in [2.05, 4.69) is 34.2 Å². The third-order valence-electron chi connectivity index (χ3n) is 4.40. The Balaban J connectivity index is 1.80. The van der Waals surface area contributed by atoms with Crippen LogP contribution in [0.2, 0.25) is 0 Å². The number of piperidine rings is 1. The number of hydrogen-bond acceptors (Lipinski definition) is 6. The van der Waals surface area contributed by atoms with E-state index in [1.807, 2.05) is 6.20 Å². The van der Waals surface area contributed by atoms with Crippen LogP contribution < -0.4 is 15.8 Å². The van der Waals surface area contributed by atoms with Gasteiger partial charge < -0.3 is 15.8 Å². The predicted molar refractivity (Wildman–Crippen MR) is 89.5 cm³/mol. The predicted octanol–water partition coefficient (Wildman–Crippen LogP) is 1.82. The fourth-order valence-electron chi connectivity index (χ4n) is 3.15. The Kier molecular flexibility index (Phi) is 4.95.